The summed E-state index contributed by atoms with van der Waals surface area (Å²) in [6.07, 6.45) is 4.96. The molecule has 0 amide bonds. The molecule has 0 saturated heterocycles. The smallest absolute Gasteiger partial charge is 0.0544 e. The number of hydrogen-bond donors (Lipinski definition) is 1. The molecule has 1 aromatic rings. The van der Waals surface area contributed by atoms with Crippen molar-refractivity contribution in [1.82, 2.24) is 9.78 Å². The van der Waals surface area contributed by atoms with Crippen molar-refractivity contribution in [3.05, 3.63) is 18.0 Å². The van der Waals surface area contributed by atoms with Gasteiger partial charge in [0.2, 0.25) is 0 Å². The van der Waals surface area contributed by atoms with E-state index in [2.05, 4.69) is 5.10 Å². The van der Waals surface area contributed by atoms with Gasteiger partial charge in [0.05, 0.1) is 6.10 Å². The van der Waals surface area contributed by atoms with Crippen LogP contribution in [0, 0.1) is 0 Å². The first-order valence-corrected chi connectivity index (χ1v) is 5.38. The first-order chi connectivity index (χ1) is 7.24. The largest absolute Gasteiger partial charge is 0.393 e. The van der Waals surface area contributed by atoms with Gasteiger partial charge in [-0.05, 0) is 31.7 Å². The van der Waals surface area contributed by atoms with Crippen LogP contribution in [-0.4, -0.2) is 34.7 Å². The van der Waals surface area contributed by atoms with Crippen LogP contribution in [-0.2, 0) is 18.2 Å². The maximum Gasteiger partial charge on any atom is 0.0544 e. The van der Waals surface area contributed by atoms with Crippen molar-refractivity contribution in [2.24, 2.45) is 7.05 Å². The molecule has 0 radical (unpaired) electrons. The van der Waals surface area contributed by atoms with Crippen LogP contribution < -0.4 is 0 Å². The van der Waals surface area contributed by atoms with Crippen molar-refractivity contribution in [1.29, 1.82) is 0 Å². The summed E-state index contributed by atoms with van der Waals surface area (Å²) >= 11 is 0. The molecule has 4 nitrogen and oxygen atoms in total. The summed E-state index contributed by atoms with van der Waals surface area (Å²) in [6.45, 7) is 0.725. The number of hydrogen-bond acceptors (Lipinski definition) is 3. The Morgan fingerprint density at radius 1 is 1.53 bits per heavy atom. The maximum atomic E-state index is 9.68. The van der Waals surface area contributed by atoms with Gasteiger partial charge in [0.25, 0.3) is 0 Å². The molecule has 0 bridgehead atoms. The minimum atomic E-state index is -0.227. The Morgan fingerprint density at radius 2 is 2.33 bits per heavy atom. The molecule has 0 aromatic carbocycles. The lowest BCUT2D eigenvalue weighted by Crippen LogP contribution is -2.10. The fraction of sp³-hybridized carbons (Fsp3) is 0.727. The molecule has 0 saturated carbocycles. The van der Waals surface area contributed by atoms with Crippen molar-refractivity contribution >= 4 is 0 Å². The molecule has 1 heterocycles. The number of nitrogens with zero attached hydrogens (tertiary/aromatic N) is 2. The Kier molecular flexibility index (Phi) is 5.36. The number of aliphatic hydroxyl groups excluding tert-OH is 1. The molecule has 1 N–H and O–H groups in total. The average Bonchev–Trinajstić information content (AvgIpc) is 2.61. The molecule has 1 atom stereocenters. The summed E-state index contributed by atoms with van der Waals surface area (Å²) in [7, 11) is 3.61. The molecule has 0 fully saturated rings. The van der Waals surface area contributed by atoms with E-state index >= 15 is 0 Å². The minimum absolute atomic E-state index is 0.227. The number of aliphatic hydroxyl groups is 1. The maximum absolute atomic E-state index is 9.68. The van der Waals surface area contributed by atoms with Gasteiger partial charge < -0.3 is 9.84 Å². The summed E-state index contributed by atoms with van der Waals surface area (Å²) < 4.78 is 6.79. The SMILES string of the molecule is COCCCC(O)CCc1ccnn1C. The molecule has 0 aliphatic carbocycles. The van der Waals surface area contributed by atoms with Gasteiger partial charge in [-0.25, -0.2) is 0 Å². The van der Waals surface area contributed by atoms with E-state index in [4.69, 9.17) is 4.74 Å². The zero-order chi connectivity index (χ0) is 11.1. The van der Waals surface area contributed by atoms with Crippen LogP contribution in [0.1, 0.15) is 25.0 Å². The van der Waals surface area contributed by atoms with E-state index in [0.717, 1.165) is 32.3 Å². The highest BCUT2D eigenvalue weighted by atomic mass is 16.5. The van der Waals surface area contributed by atoms with E-state index in [9.17, 15) is 5.11 Å². The number of aryl methyl sites for hydroxylation is 2. The summed E-state index contributed by atoms with van der Waals surface area (Å²) in [4.78, 5) is 0. The van der Waals surface area contributed by atoms with Crippen molar-refractivity contribution in [3.8, 4) is 0 Å². The third-order valence-electron chi connectivity index (χ3n) is 2.54. The van der Waals surface area contributed by atoms with Crippen LogP contribution in [0.5, 0.6) is 0 Å². The Bertz CT molecular complexity index is 273. The van der Waals surface area contributed by atoms with E-state index in [1.54, 1.807) is 13.3 Å². The molecule has 0 aliphatic rings. The van der Waals surface area contributed by atoms with Crippen LogP contribution in [0.3, 0.4) is 0 Å². The molecular weight excluding hydrogens is 192 g/mol. The van der Waals surface area contributed by atoms with Crippen LogP contribution in [0.25, 0.3) is 0 Å². The predicted molar refractivity (Wildman–Crippen MR) is 58.6 cm³/mol. The zero-order valence-corrected chi connectivity index (χ0v) is 9.52. The molecule has 86 valence electrons. The monoisotopic (exact) mass is 212 g/mol. The van der Waals surface area contributed by atoms with Gasteiger partial charge >= 0.3 is 0 Å². The third-order valence-corrected chi connectivity index (χ3v) is 2.54. The van der Waals surface area contributed by atoms with E-state index in [1.165, 1.54) is 5.69 Å². The number of ether oxygens (including phenoxy) is 1. The second-order valence-electron chi connectivity index (χ2n) is 3.77. The highest BCUT2D eigenvalue weighted by molar-refractivity contribution is 4.99. The first-order valence-electron chi connectivity index (χ1n) is 5.38. The standard InChI is InChI=1S/C11H20N2O2/c1-13-10(7-8-12-13)5-6-11(14)4-3-9-15-2/h7-8,11,14H,3-6,9H2,1-2H3. The van der Waals surface area contributed by atoms with Crippen LogP contribution >= 0.6 is 0 Å². The van der Waals surface area contributed by atoms with Crippen molar-refractivity contribution < 1.29 is 9.84 Å². The molecule has 0 spiro atoms. The normalized spacial score (nSPS) is 13.0. The fourth-order valence-electron chi connectivity index (χ4n) is 1.57. The molecule has 1 rings (SSSR count). The van der Waals surface area contributed by atoms with Crippen LogP contribution in [0.2, 0.25) is 0 Å². The lowest BCUT2D eigenvalue weighted by Gasteiger charge is -2.09. The van der Waals surface area contributed by atoms with Gasteiger partial charge in [0.15, 0.2) is 0 Å². The van der Waals surface area contributed by atoms with E-state index in [-0.39, 0.29) is 6.10 Å². The van der Waals surface area contributed by atoms with Crippen molar-refractivity contribution in [2.75, 3.05) is 13.7 Å². The topological polar surface area (TPSA) is 47.3 Å². The van der Waals surface area contributed by atoms with Gasteiger partial charge in [-0.1, -0.05) is 0 Å². The predicted octanol–water partition coefficient (Wildman–Crippen LogP) is 1.14. The summed E-state index contributed by atoms with van der Waals surface area (Å²) in [5, 5.41) is 13.8. The second-order valence-corrected chi connectivity index (χ2v) is 3.77. The van der Waals surface area contributed by atoms with E-state index < -0.39 is 0 Å². The summed E-state index contributed by atoms with van der Waals surface area (Å²) in [5.74, 6) is 0. The minimum Gasteiger partial charge on any atom is -0.393 e. The highest BCUT2D eigenvalue weighted by Gasteiger charge is 2.06. The van der Waals surface area contributed by atoms with Gasteiger partial charge in [0.1, 0.15) is 0 Å². The van der Waals surface area contributed by atoms with Gasteiger partial charge in [0, 0.05) is 32.7 Å². The van der Waals surface area contributed by atoms with E-state index in [0.29, 0.717) is 0 Å². The Labute approximate surface area is 90.9 Å². The molecule has 15 heavy (non-hydrogen) atoms. The van der Waals surface area contributed by atoms with Crippen molar-refractivity contribution in [2.45, 2.75) is 31.8 Å². The highest BCUT2D eigenvalue weighted by Crippen LogP contribution is 2.07. The Morgan fingerprint density at radius 3 is 2.93 bits per heavy atom. The fourth-order valence-corrected chi connectivity index (χ4v) is 1.57. The lowest BCUT2D eigenvalue weighted by molar-refractivity contribution is 0.128. The molecular formula is C11H20N2O2. The third kappa shape index (κ3) is 4.44. The van der Waals surface area contributed by atoms with Gasteiger partial charge in [-0.2, -0.15) is 5.10 Å². The molecule has 4 heteroatoms. The first kappa shape index (κ1) is 12.2. The Balaban J connectivity index is 2.16. The molecule has 1 unspecified atom stereocenters. The van der Waals surface area contributed by atoms with Gasteiger partial charge in [-0.3, -0.25) is 4.68 Å². The summed E-state index contributed by atoms with van der Waals surface area (Å²) in [6, 6.07) is 1.99. The van der Waals surface area contributed by atoms with Crippen LogP contribution in [0.4, 0.5) is 0 Å². The number of methoxy groups -OCH3 is 1. The Hall–Kier alpha value is -0.870. The number of rotatable bonds is 7. The quantitative estimate of drug-likeness (QED) is 0.689. The lowest BCUT2D eigenvalue weighted by atomic mass is 10.1. The molecule has 0 aliphatic heterocycles. The average molecular weight is 212 g/mol. The van der Waals surface area contributed by atoms with E-state index in [1.807, 2.05) is 17.8 Å². The second kappa shape index (κ2) is 6.58. The van der Waals surface area contributed by atoms with Gasteiger partial charge in [-0.15, -0.1) is 0 Å². The van der Waals surface area contributed by atoms with Crippen molar-refractivity contribution in [3.63, 3.8) is 0 Å². The zero-order valence-electron chi connectivity index (χ0n) is 9.52. The molecule has 1 aromatic heterocycles. The summed E-state index contributed by atoms with van der Waals surface area (Å²) in [5.41, 5.74) is 1.17. The van der Waals surface area contributed by atoms with Crippen LogP contribution in [0.15, 0.2) is 12.3 Å². The number of aromatic nitrogens is 2.